The molecule has 8 heteroatoms. The zero-order chi connectivity index (χ0) is 15.6. The second-order valence-electron chi connectivity index (χ2n) is 4.22. The number of sulfonamides is 1. The summed E-state index contributed by atoms with van der Waals surface area (Å²) >= 11 is 0. The number of nitrogens with two attached hydrogens (primary N) is 1. The minimum absolute atomic E-state index is 0.122. The van der Waals surface area contributed by atoms with Crippen molar-refractivity contribution in [2.45, 2.75) is 5.03 Å². The first-order valence-electron chi connectivity index (χ1n) is 5.88. The van der Waals surface area contributed by atoms with Crippen LogP contribution in [0.4, 0.5) is 10.1 Å². The molecule has 0 saturated carbocycles. The molecule has 0 aliphatic rings. The Kier molecular flexibility index (Phi) is 3.90. The molecule has 1 aromatic carbocycles. The van der Waals surface area contributed by atoms with Crippen molar-refractivity contribution in [1.82, 2.24) is 4.98 Å². The number of pyridine rings is 1. The molecule has 0 bridgehead atoms. The zero-order valence-electron chi connectivity index (χ0n) is 11.1. The van der Waals surface area contributed by atoms with E-state index in [-0.39, 0.29) is 5.84 Å². The van der Waals surface area contributed by atoms with Crippen molar-refractivity contribution in [3.8, 4) is 0 Å². The molecule has 0 amide bonds. The van der Waals surface area contributed by atoms with E-state index < -0.39 is 20.9 Å². The first kappa shape index (κ1) is 14.9. The van der Waals surface area contributed by atoms with E-state index >= 15 is 0 Å². The number of benzene rings is 1. The molecule has 2 aromatic rings. The number of nitrogens with zero attached hydrogens (tertiary/aromatic N) is 2. The van der Waals surface area contributed by atoms with Crippen LogP contribution in [0, 0.1) is 11.2 Å². The number of anilines is 1. The quantitative estimate of drug-likeness (QED) is 0.657. The van der Waals surface area contributed by atoms with Crippen LogP contribution < -0.4 is 10.0 Å². The standard InChI is InChI=1S/C13H13FN4O2S/c1-18(10-6-4-9(5-7-10)12(15)16)21(19,20)13-11(14)3-2-8-17-13/h2-8H,1H3,(H3,15,16). The fourth-order valence-corrected chi connectivity index (χ4v) is 2.85. The number of nitrogens with one attached hydrogen (secondary N) is 1. The molecule has 0 fully saturated rings. The summed E-state index contributed by atoms with van der Waals surface area (Å²) in [6.45, 7) is 0. The molecule has 21 heavy (non-hydrogen) atoms. The summed E-state index contributed by atoms with van der Waals surface area (Å²) in [7, 11) is -2.80. The number of rotatable bonds is 4. The minimum Gasteiger partial charge on any atom is -0.384 e. The Hall–Kier alpha value is -2.48. The summed E-state index contributed by atoms with van der Waals surface area (Å²) in [5.41, 5.74) is 6.10. The van der Waals surface area contributed by atoms with Gasteiger partial charge in [-0.1, -0.05) is 0 Å². The Balaban J connectivity index is 2.41. The maximum absolute atomic E-state index is 13.6. The first-order chi connectivity index (χ1) is 9.84. The third kappa shape index (κ3) is 2.84. The van der Waals surface area contributed by atoms with Gasteiger partial charge in [0.05, 0.1) is 5.69 Å². The van der Waals surface area contributed by atoms with Gasteiger partial charge in [0.15, 0.2) is 5.82 Å². The minimum atomic E-state index is -4.09. The van der Waals surface area contributed by atoms with Gasteiger partial charge < -0.3 is 5.73 Å². The molecule has 0 saturated heterocycles. The van der Waals surface area contributed by atoms with Crippen LogP contribution in [0.25, 0.3) is 0 Å². The van der Waals surface area contributed by atoms with E-state index in [0.717, 1.165) is 10.4 Å². The third-order valence-corrected chi connectivity index (χ3v) is 4.59. The van der Waals surface area contributed by atoms with Crippen molar-refractivity contribution in [1.29, 1.82) is 5.41 Å². The van der Waals surface area contributed by atoms with E-state index in [1.54, 1.807) is 0 Å². The molecule has 0 aliphatic carbocycles. The molecular formula is C13H13FN4O2S. The largest absolute Gasteiger partial charge is 0.384 e. The Bertz CT molecular complexity index is 775. The molecular weight excluding hydrogens is 295 g/mol. The Labute approximate surface area is 121 Å². The Morgan fingerprint density at radius 1 is 1.29 bits per heavy atom. The predicted molar refractivity (Wildman–Crippen MR) is 77.2 cm³/mol. The molecule has 110 valence electrons. The van der Waals surface area contributed by atoms with Crippen LogP contribution in [-0.2, 0) is 10.0 Å². The summed E-state index contributed by atoms with van der Waals surface area (Å²) in [6.07, 6.45) is 1.21. The lowest BCUT2D eigenvalue weighted by molar-refractivity contribution is 0.552. The van der Waals surface area contributed by atoms with Crippen molar-refractivity contribution in [2.24, 2.45) is 5.73 Å². The lowest BCUT2D eigenvalue weighted by Crippen LogP contribution is -2.28. The van der Waals surface area contributed by atoms with Crippen LogP contribution in [-0.4, -0.2) is 26.3 Å². The second kappa shape index (κ2) is 5.49. The van der Waals surface area contributed by atoms with E-state index in [9.17, 15) is 12.8 Å². The topological polar surface area (TPSA) is 100 Å². The highest BCUT2D eigenvalue weighted by atomic mass is 32.2. The maximum Gasteiger partial charge on any atom is 0.284 e. The van der Waals surface area contributed by atoms with Crippen molar-refractivity contribution < 1.29 is 12.8 Å². The lowest BCUT2D eigenvalue weighted by atomic mass is 10.2. The molecule has 0 atom stereocenters. The van der Waals surface area contributed by atoms with Crippen molar-refractivity contribution in [3.63, 3.8) is 0 Å². The maximum atomic E-state index is 13.6. The summed E-state index contributed by atoms with van der Waals surface area (Å²) in [4.78, 5) is 3.58. The normalized spacial score (nSPS) is 11.1. The average molecular weight is 308 g/mol. The van der Waals surface area contributed by atoms with Gasteiger partial charge in [-0.15, -0.1) is 0 Å². The molecule has 1 aromatic heterocycles. The van der Waals surface area contributed by atoms with Crippen LogP contribution in [0.1, 0.15) is 5.56 Å². The van der Waals surface area contributed by atoms with Gasteiger partial charge in [-0.05, 0) is 36.4 Å². The summed E-state index contributed by atoms with van der Waals surface area (Å²) in [5.74, 6) is -1.03. The molecule has 2 rings (SSSR count). The highest BCUT2D eigenvalue weighted by Crippen LogP contribution is 2.22. The van der Waals surface area contributed by atoms with Crippen molar-refractivity contribution in [3.05, 3.63) is 54.0 Å². The molecule has 6 nitrogen and oxygen atoms in total. The predicted octanol–water partition coefficient (Wildman–Crippen LogP) is 1.33. The highest BCUT2D eigenvalue weighted by Gasteiger charge is 2.26. The number of amidine groups is 1. The van der Waals surface area contributed by atoms with Gasteiger partial charge in [-0.2, -0.15) is 8.42 Å². The number of aromatic nitrogens is 1. The van der Waals surface area contributed by atoms with Crippen molar-refractivity contribution in [2.75, 3.05) is 11.4 Å². The van der Waals surface area contributed by atoms with Crippen LogP contribution >= 0.6 is 0 Å². The van der Waals surface area contributed by atoms with Gasteiger partial charge in [-0.25, -0.2) is 9.37 Å². The SMILES string of the molecule is CN(c1ccc(C(=N)N)cc1)S(=O)(=O)c1ncccc1F. The average Bonchev–Trinajstić information content (AvgIpc) is 2.46. The monoisotopic (exact) mass is 308 g/mol. The zero-order valence-corrected chi connectivity index (χ0v) is 11.9. The van der Waals surface area contributed by atoms with E-state index in [1.807, 2.05) is 0 Å². The molecule has 1 heterocycles. The van der Waals surface area contributed by atoms with Crippen molar-refractivity contribution >= 4 is 21.5 Å². The third-order valence-electron chi connectivity index (χ3n) is 2.87. The van der Waals surface area contributed by atoms with Crippen LogP contribution in [0.5, 0.6) is 0 Å². The van der Waals surface area contributed by atoms with Gasteiger partial charge in [0.25, 0.3) is 10.0 Å². The number of hydrogen-bond donors (Lipinski definition) is 2. The Morgan fingerprint density at radius 2 is 1.90 bits per heavy atom. The van der Waals surface area contributed by atoms with Gasteiger partial charge in [0.1, 0.15) is 5.84 Å². The van der Waals surface area contributed by atoms with E-state index in [1.165, 1.54) is 43.6 Å². The van der Waals surface area contributed by atoms with Gasteiger partial charge in [-0.3, -0.25) is 9.71 Å². The number of nitrogen functional groups attached to an aromatic ring is 1. The fraction of sp³-hybridized carbons (Fsp3) is 0.0769. The van der Waals surface area contributed by atoms with Gasteiger partial charge >= 0.3 is 0 Å². The molecule has 0 radical (unpaired) electrons. The second-order valence-corrected chi connectivity index (χ2v) is 6.11. The van der Waals surface area contributed by atoms with Crippen LogP contribution in [0.15, 0.2) is 47.6 Å². The molecule has 0 spiro atoms. The molecule has 3 N–H and O–H groups in total. The van der Waals surface area contributed by atoms with Crippen LogP contribution in [0.2, 0.25) is 0 Å². The van der Waals surface area contributed by atoms with E-state index in [2.05, 4.69) is 4.98 Å². The van der Waals surface area contributed by atoms with Crippen LogP contribution in [0.3, 0.4) is 0 Å². The number of hydrogen-bond acceptors (Lipinski definition) is 4. The summed E-state index contributed by atoms with van der Waals surface area (Å²) in [5, 5.41) is 6.65. The highest BCUT2D eigenvalue weighted by molar-refractivity contribution is 7.92. The number of halogens is 1. The van der Waals surface area contributed by atoms with E-state index in [0.29, 0.717) is 11.3 Å². The first-order valence-corrected chi connectivity index (χ1v) is 7.32. The smallest absolute Gasteiger partial charge is 0.284 e. The Morgan fingerprint density at radius 3 is 2.43 bits per heavy atom. The lowest BCUT2D eigenvalue weighted by Gasteiger charge is -2.19. The summed E-state index contributed by atoms with van der Waals surface area (Å²) in [6, 6.07) is 8.34. The van der Waals surface area contributed by atoms with Gasteiger partial charge in [0.2, 0.25) is 5.03 Å². The molecule has 0 unspecified atom stereocenters. The molecule has 0 aliphatic heterocycles. The van der Waals surface area contributed by atoms with E-state index in [4.69, 9.17) is 11.1 Å². The summed E-state index contributed by atoms with van der Waals surface area (Å²) < 4.78 is 39.2. The fourth-order valence-electron chi connectivity index (χ4n) is 1.68. The van der Waals surface area contributed by atoms with Gasteiger partial charge in [0, 0.05) is 18.8 Å².